The van der Waals surface area contributed by atoms with Gasteiger partial charge in [0.05, 0.1) is 11.3 Å². The van der Waals surface area contributed by atoms with Gasteiger partial charge in [-0.2, -0.15) is 0 Å². The summed E-state index contributed by atoms with van der Waals surface area (Å²) in [5, 5.41) is 21.5. The summed E-state index contributed by atoms with van der Waals surface area (Å²) in [6, 6.07) is 1.48. The topological polar surface area (TPSA) is 104 Å². The van der Waals surface area contributed by atoms with Gasteiger partial charge in [-0.3, -0.25) is 4.79 Å². The number of aromatic hydroxyl groups is 2. The van der Waals surface area contributed by atoms with Gasteiger partial charge >= 0.3 is 0 Å². The molecule has 6 nitrogen and oxygen atoms in total. The van der Waals surface area contributed by atoms with E-state index in [0.29, 0.717) is 12.0 Å². The van der Waals surface area contributed by atoms with E-state index in [1.54, 1.807) is 13.0 Å². The zero-order chi connectivity index (χ0) is 25.0. The van der Waals surface area contributed by atoms with Crippen LogP contribution in [0.4, 0.5) is 0 Å². The lowest BCUT2D eigenvalue weighted by Crippen LogP contribution is -2.33. The van der Waals surface area contributed by atoms with Crippen molar-refractivity contribution in [3.05, 3.63) is 58.2 Å². The molecule has 1 aromatic rings. The van der Waals surface area contributed by atoms with Crippen molar-refractivity contribution in [2.24, 2.45) is 0 Å². The Hall–Kier alpha value is -2.54. The average Bonchev–Trinajstić information content (AvgIpc) is 2.71. The minimum absolute atomic E-state index is 0.0847. The molecule has 0 fully saturated rings. The zero-order valence-corrected chi connectivity index (χ0v) is 21.4. The maximum atomic E-state index is 12.9. The number of phenols is 2. The second-order valence-electron chi connectivity index (χ2n) is 8.57. The largest absolute Gasteiger partial charge is 0.508 e. The van der Waals surface area contributed by atoms with E-state index < -0.39 is 15.9 Å². The molecular weight excluding hydrogens is 438 g/mol. The summed E-state index contributed by atoms with van der Waals surface area (Å²) in [5.41, 5.74) is 2.91. The summed E-state index contributed by atoms with van der Waals surface area (Å²) in [6.45, 7) is 9.81. The molecule has 1 aromatic carbocycles. The number of hydrogen-bond acceptors (Lipinski definition) is 5. The fraction of sp³-hybridized carbons (Fsp3) is 0.500. The van der Waals surface area contributed by atoms with Crippen LogP contribution in [0, 0.1) is 0 Å². The van der Waals surface area contributed by atoms with E-state index in [2.05, 4.69) is 6.08 Å². The van der Waals surface area contributed by atoms with Crippen LogP contribution in [-0.4, -0.2) is 30.3 Å². The van der Waals surface area contributed by atoms with Gasteiger partial charge in [-0.15, -0.1) is 0 Å². The lowest BCUT2D eigenvalue weighted by molar-refractivity contribution is 0.0977. The van der Waals surface area contributed by atoms with Crippen LogP contribution < -0.4 is 4.72 Å². The van der Waals surface area contributed by atoms with E-state index in [1.165, 1.54) is 17.7 Å². The summed E-state index contributed by atoms with van der Waals surface area (Å²) < 4.78 is 26.5. The summed E-state index contributed by atoms with van der Waals surface area (Å²) in [5.74, 6) is -1.68. The van der Waals surface area contributed by atoms with Crippen molar-refractivity contribution < 1.29 is 23.4 Å². The van der Waals surface area contributed by atoms with Gasteiger partial charge in [0.15, 0.2) is 0 Å². The van der Waals surface area contributed by atoms with Gasteiger partial charge in [-0.05, 0) is 71.4 Å². The number of rotatable bonds is 13. The van der Waals surface area contributed by atoms with Gasteiger partial charge in [0.25, 0.3) is 5.91 Å². The predicted octanol–water partition coefficient (Wildman–Crippen LogP) is 5.70. The number of carbonyl (C=O) groups excluding carboxylic acids is 1. The highest BCUT2D eigenvalue weighted by molar-refractivity contribution is 7.90. The minimum Gasteiger partial charge on any atom is -0.508 e. The summed E-state index contributed by atoms with van der Waals surface area (Å²) in [4.78, 5) is 12.9. The fourth-order valence-electron chi connectivity index (χ4n) is 3.39. The number of benzene rings is 1. The lowest BCUT2D eigenvalue weighted by Gasteiger charge is -2.16. The maximum absolute atomic E-state index is 12.9. The highest BCUT2D eigenvalue weighted by Gasteiger charge is 2.25. The van der Waals surface area contributed by atoms with E-state index in [9.17, 15) is 23.4 Å². The van der Waals surface area contributed by atoms with Gasteiger partial charge < -0.3 is 10.2 Å². The van der Waals surface area contributed by atoms with Gasteiger partial charge in [0.1, 0.15) is 11.5 Å². The molecule has 1 rings (SSSR count). The minimum atomic E-state index is -3.89. The SMILES string of the molecule is C/C=C/CS(=O)(=O)NC(=O)c1c(CCCCC)cc(O)c(C/C=C(\C)CCC=C(C)C)c1O. The Balaban J connectivity index is 3.30. The number of carbonyl (C=O) groups is 1. The molecule has 0 aromatic heterocycles. The molecule has 0 aliphatic carbocycles. The van der Waals surface area contributed by atoms with Gasteiger partial charge in [-0.25, -0.2) is 13.1 Å². The predicted molar refractivity (Wildman–Crippen MR) is 135 cm³/mol. The summed E-state index contributed by atoms with van der Waals surface area (Å²) in [7, 11) is -3.89. The van der Waals surface area contributed by atoms with Gasteiger partial charge in [-0.1, -0.05) is 55.2 Å². The highest BCUT2D eigenvalue weighted by atomic mass is 32.2. The first-order valence-corrected chi connectivity index (χ1v) is 13.2. The number of amides is 1. The van der Waals surface area contributed by atoms with Gasteiger partial charge in [0, 0.05) is 5.56 Å². The molecule has 0 radical (unpaired) electrons. The molecule has 184 valence electrons. The Bertz CT molecular complexity index is 1000. The van der Waals surface area contributed by atoms with Crippen molar-refractivity contribution >= 4 is 15.9 Å². The van der Waals surface area contributed by atoms with E-state index in [1.807, 2.05) is 38.5 Å². The Kier molecular flexibility index (Phi) is 12.0. The smallest absolute Gasteiger partial charge is 0.268 e. The van der Waals surface area contributed by atoms with Crippen LogP contribution in [0.2, 0.25) is 0 Å². The molecule has 0 bridgehead atoms. The van der Waals surface area contributed by atoms with Crippen LogP contribution in [0.1, 0.15) is 88.2 Å². The molecule has 0 aliphatic heterocycles. The standard InChI is InChI=1S/C26H39NO5S/c1-6-8-10-14-21-18-23(28)22(16-15-20(5)13-11-12-19(3)4)25(29)24(21)26(30)27-33(31,32)17-9-7-2/h7,9,12,15,18,28-29H,6,8,10-11,13-14,16-17H2,1-5H3,(H,27,30)/b9-7+,20-15+. The fourth-order valence-corrected chi connectivity index (χ4v) is 4.30. The molecule has 0 saturated carbocycles. The molecule has 0 spiro atoms. The first kappa shape index (κ1) is 28.5. The number of unbranched alkanes of at least 4 members (excludes halogenated alkanes) is 2. The number of nitrogens with one attached hydrogen (secondary N) is 1. The second kappa shape index (κ2) is 13.9. The van der Waals surface area contributed by atoms with Crippen LogP contribution in [0.15, 0.2) is 41.5 Å². The Labute approximate surface area is 199 Å². The van der Waals surface area contributed by atoms with Crippen LogP contribution in [-0.2, 0) is 22.9 Å². The summed E-state index contributed by atoms with van der Waals surface area (Å²) >= 11 is 0. The van der Waals surface area contributed by atoms with Crippen molar-refractivity contribution in [2.45, 2.75) is 79.6 Å². The first-order valence-electron chi connectivity index (χ1n) is 11.5. The summed E-state index contributed by atoms with van der Waals surface area (Å²) in [6.07, 6.45) is 12.1. The molecule has 1 amide bonds. The highest BCUT2D eigenvalue weighted by Crippen LogP contribution is 2.35. The molecule has 0 aliphatic rings. The van der Waals surface area contributed by atoms with E-state index in [0.717, 1.165) is 37.7 Å². The number of allylic oxidation sites excluding steroid dienone is 5. The Morgan fingerprint density at radius 1 is 1.12 bits per heavy atom. The van der Waals surface area contributed by atoms with E-state index in [-0.39, 0.29) is 34.8 Å². The lowest BCUT2D eigenvalue weighted by atomic mass is 9.94. The second-order valence-corrected chi connectivity index (χ2v) is 10.3. The number of phenolic OH excluding ortho intramolecular Hbond substituents is 2. The molecule has 0 unspecified atom stereocenters. The Morgan fingerprint density at radius 3 is 2.42 bits per heavy atom. The molecule has 0 heterocycles. The zero-order valence-electron chi connectivity index (χ0n) is 20.6. The molecule has 3 N–H and O–H groups in total. The van der Waals surface area contributed by atoms with Crippen molar-refractivity contribution in [3.63, 3.8) is 0 Å². The first-order chi connectivity index (χ1) is 15.5. The third-order valence-electron chi connectivity index (χ3n) is 5.29. The van der Waals surface area contributed by atoms with E-state index in [4.69, 9.17) is 0 Å². The molecule has 0 atom stereocenters. The Morgan fingerprint density at radius 2 is 1.82 bits per heavy atom. The normalized spacial score (nSPS) is 12.2. The van der Waals surface area contributed by atoms with Crippen molar-refractivity contribution in [2.75, 3.05) is 5.75 Å². The van der Waals surface area contributed by atoms with Crippen molar-refractivity contribution in [3.8, 4) is 11.5 Å². The van der Waals surface area contributed by atoms with Crippen molar-refractivity contribution in [1.82, 2.24) is 4.72 Å². The van der Waals surface area contributed by atoms with Crippen LogP contribution >= 0.6 is 0 Å². The average molecular weight is 478 g/mol. The maximum Gasteiger partial charge on any atom is 0.268 e. The third-order valence-corrected chi connectivity index (χ3v) is 6.41. The molecule has 0 saturated heterocycles. The number of sulfonamides is 1. The van der Waals surface area contributed by atoms with Crippen LogP contribution in [0.25, 0.3) is 0 Å². The molecular formula is C26H39NO5S. The third kappa shape index (κ3) is 9.86. The van der Waals surface area contributed by atoms with Crippen LogP contribution in [0.3, 0.4) is 0 Å². The number of hydrogen-bond donors (Lipinski definition) is 3. The monoisotopic (exact) mass is 477 g/mol. The van der Waals surface area contributed by atoms with E-state index >= 15 is 0 Å². The van der Waals surface area contributed by atoms with Gasteiger partial charge in [0.2, 0.25) is 10.0 Å². The number of aryl methyl sites for hydroxylation is 1. The van der Waals surface area contributed by atoms with Crippen molar-refractivity contribution in [1.29, 1.82) is 0 Å². The van der Waals surface area contributed by atoms with Crippen LogP contribution in [0.5, 0.6) is 11.5 Å². The quantitative estimate of drug-likeness (QED) is 0.250. The molecule has 33 heavy (non-hydrogen) atoms. The molecule has 7 heteroatoms.